The van der Waals surface area contributed by atoms with E-state index in [2.05, 4.69) is 10.1 Å². The maximum atomic E-state index is 13.2. The third kappa shape index (κ3) is 2.11. The molecular formula is C17H19N3O4. The van der Waals surface area contributed by atoms with Gasteiger partial charge in [-0.05, 0) is 44.6 Å². The monoisotopic (exact) mass is 329 g/mol. The number of fused-ring (bicyclic) bond motifs is 2. The van der Waals surface area contributed by atoms with Crippen molar-refractivity contribution in [2.24, 2.45) is 11.8 Å². The fraction of sp³-hybridized carbons (Fsp3) is 0.529. The predicted octanol–water partition coefficient (Wildman–Crippen LogP) is 2.16. The Kier molecular flexibility index (Phi) is 3.33. The van der Waals surface area contributed by atoms with Gasteiger partial charge in [0.2, 0.25) is 0 Å². The number of aromatic nitrogens is 2. The molecule has 4 rings (SSSR count). The summed E-state index contributed by atoms with van der Waals surface area (Å²) in [6.07, 6.45) is 2.92. The highest BCUT2D eigenvalue weighted by Crippen LogP contribution is 2.43. The molecule has 2 aromatic rings. The van der Waals surface area contributed by atoms with Crippen molar-refractivity contribution >= 4 is 23.0 Å². The molecule has 0 bridgehead atoms. The van der Waals surface area contributed by atoms with Crippen LogP contribution in [-0.4, -0.2) is 44.6 Å². The second-order valence-corrected chi connectivity index (χ2v) is 6.85. The highest BCUT2D eigenvalue weighted by molar-refractivity contribution is 6.07. The van der Waals surface area contributed by atoms with Crippen LogP contribution in [0.2, 0.25) is 0 Å². The number of carbonyl (C=O) groups is 2. The molecule has 0 spiro atoms. The Morgan fingerprint density at radius 2 is 2.12 bits per heavy atom. The van der Waals surface area contributed by atoms with Gasteiger partial charge in [-0.25, -0.2) is 9.78 Å². The zero-order valence-electron chi connectivity index (χ0n) is 13.7. The van der Waals surface area contributed by atoms with Crippen LogP contribution >= 0.6 is 0 Å². The SMILES string of the molecule is Cc1cc(C(=O)N2CC3CCCC3C2C(=O)O)c2c(C)noc2n1. The molecule has 3 atom stereocenters. The van der Waals surface area contributed by atoms with E-state index in [9.17, 15) is 14.7 Å². The molecule has 1 amide bonds. The molecule has 7 nitrogen and oxygen atoms in total. The largest absolute Gasteiger partial charge is 0.480 e. The van der Waals surface area contributed by atoms with E-state index in [1.807, 2.05) is 0 Å². The minimum Gasteiger partial charge on any atom is -0.480 e. The summed E-state index contributed by atoms with van der Waals surface area (Å²) in [6.45, 7) is 4.04. The van der Waals surface area contributed by atoms with Gasteiger partial charge >= 0.3 is 5.97 Å². The first-order valence-electron chi connectivity index (χ1n) is 8.24. The molecule has 1 N–H and O–H groups in total. The van der Waals surface area contributed by atoms with Gasteiger partial charge in [0.05, 0.1) is 16.6 Å². The van der Waals surface area contributed by atoms with Crippen LogP contribution in [-0.2, 0) is 4.79 Å². The topological polar surface area (TPSA) is 96.5 Å². The second-order valence-electron chi connectivity index (χ2n) is 6.85. The van der Waals surface area contributed by atoms with E-state index in [1.165, 1.54) is 4.90 Å². The van der Waals surface area contributed by atoms with Crippen molar-refractivity contribution in [1.82, 2.24) is 15.0 Å². The van der Waals surface area contributed by atoms with Crippen LogP contribution in [0.4, 0.5) is 0 Å². The van der Waals surface area contributed by atoms with Crippen LogP contribution in [0, 0.1) is 25.7 Å². The molecule has 7 heteroatoms. The normalized spacial score (nSPS) is 26.1. The number of carboxylic acids is 1. The Bertz CT molecular complexity index is 844. The molecule has 1 saturated carbocycles. The van der Waals surface area contributed by atoms with E-state index < -0.39 is 12.0 Å². The lowest BCUT2D eigenvalue weighted by atomic mass is 9.94. The summed E-state index contributed by atoms with van der Waals surface area (Å²) in [7, 11) is 0. The van der Waals surface area contributed by atoms with Gasteiger partial charge in [0.1, 0.15) is 6.04 Å². The third-order valence-corrected chi connectivity index (χ3v) is 5.38. The quantitative estimate of drug-likeness (QED) is 0.907. The summed E-state index contributed by atoms with van der Waals surface area (Å²) in [5, 5.41) is 14.1. The van der Waals surface area contributed by atoms with E-state index in [0.717, 1.165) is 19.3 Å². The van der Waals surface area contributed by atoms with Gasteiger partial charge in [0.15, 0.2) is 0 Å². The van der Waals surface area contributed by atoms with Gasteiger partial charge < -0.3 is 14.5 Å². The van der Waals surface area contributed by atoms with Crippen molar-refractivity contribution in [3.63, 3.8) is 0 Å². The Balaban J connectivity index is 1.79. The van der Waals surface area contributed by atoms with Crippen LogP contribution in [0.25, 0.3) is 11.1 Å². The van der Waals surface area contributed by atoms with E-state index in [0.29, 0.717) is 34.6 Å². The van der Waals surface area contributed by atoms with E-state index in [1.54, 1.807) is 19.9 Å². The van der Waals surface area contributed by atoms with Gasteiger partial charge in [-0.3, -0.25) is 4.79 Å². The number of amides is 1. The Hall–Kier alpha value is -2.44. The molecule has 126 valence electrons. The molecule has 1 aliphatic heterocycles. The molecule has 2 fully saturated rings. The standard InChI is InChI=1S/C17H19N3O4/c1-8-6-12(13-9(2)19-24-15(13)18-8)16(21)20-7-10-4-3-5-11(10)14(20)17(22)23/h6,10-11,14H,3-5,7H2,1-2H3,(H,22,23). The number of carboxylic acid groups (broad SMARTS) is 1. The molecule has 3 heterocycles. The number of hydrogen-bond acceptors (Lipinski definition) is 5. The summed E-state index contributed by atoms with van der Waals surface area (Å²) in [4.78, 5) is 30.8. The van der Waals surface area contributed by atoms with Crippen molar-refractivity contribution in [2.45, 2.75) is 39.2 Å². The molecule has 1 saturated heterocycles. The zero-order chi connectivity index (χ0) is 17.0. The molecule has 24 heavy (non-hydrogen) atoms. The van der Waals surface area contributed by atoms with Crippen LogP contribution in [0.15, 0.2) is 10.6 Å². The van der Waals surface area contributed by atoms with Gasteiger partial charge in [-0.2, -0.15) is 0 Å². The van der Waals surface area contributed by atoms with Crippen molar-refractivity contribution in [1.29, 1.82) is 0 Å². The van der Waals surface area contributed by atoms with Crippen LogP contribution in [0.3, 0.4) is 0 Å². The lowest BCUT2D eigenvalue weighted by Crippen LogP contribution is -2.43. The fourth-order valence-electron chi connectivity index (χ4n) is 4.37. The fourth-order valence-corrected chi connectivity index (χ4v) is 4.37. The molecule has 0 aromatic carbocycles. The first-order valence-corrected chi connectivity index (χ1v) is 8.24. The Labute approximate surface area is 138 Å². The van der Waals surface area contributed by atoms with Gasteiger partial charge in [-0.1, -0.05) is 11.6 Å². The molecule has 2 aromatic heterocycles. The Morgan fingerprint density at radius 1 is 1.33 bits per heavy atom. The average molecular weight is 329 g/mol. The number of pyridine rings is 1. The third-order valence-electron chi connectivity index (χ3n) is 5.38. The molecule has 3 unspecified atom stereocenters. The molecular weight excluding hydrogens is 310 g/mol. The summed E-state index contributed by atoms with van der Waals surface area (Å²) in [5.41, 5.74) is 1.99. The second kappa shape index (κ2) is 5.29. The van der Waals surface area contributed by atoms with E-state index >= 15 is 0 Å². The molecule has 2 aliphatic rings. The summed E-state index contributed by atoms with van der Waals surface area (Å²) in [5.74, 6) is -0.828. The van der Waals surface area contributed by atoms with Gasteiger partial charge in [0, 0.05) is 12.2 Å². The smallest absolute Gasteiger partial charge is 0.326 e. The molecule has 1 aliphatic carbocycles. The lowest BCUT2D eigenvalue weighted by molar-refractivity contribution is -0.142. The van der Waals surface area contributed by atoms with E-state index in [4.69, 9.17) is 4.52 Å². The van der Waals surface area contributed by atoms with Gasteiger partial charge in [0.25, 0.3) is 11.6 Å². The maximum Gasteiger partial charge on any atom is 0.326 e. The summed E-state index contributed by atoms with van der Waals surface area (Å²) >= 11 is 0. The van der Waals surface area contributed by atoms with Crippen molar-refractivity contribution in [3.05, 3.63) is 23.0 Å². The lowest BCUT2D eigenvalue weighted by Gasteiger charge is -2.24. The first-order chi connectivity index (χ1) is 11.5. The van der Waals surface area contributed by atoms with Crippen LogP contribution in [0.1, 0.15) is 41.0 Å². The van der Waals surface area contributed by atoms with E-state index in [-0.39, 0.29) is 17.7 Å². The number of hydrogen-bond donors (Lipinski definition) is 1. The minimum absolute atomic E-state index is 0.0634. The Morgan fingerprint density at radius 3 is 2.88 bits per heavy atom. The average Bonchev–Trinajstić information content (AvgIpc) is 3.19. The highest BCUT2D eigenvalue weighted by Gasteiger charge is 2.49. The number of aliphatic carboxylic acids is 1. The number of rotatable bonds is 2. The number of likely N-dealkylation sites (tertiary alicyclic amines) is 1. The zero-order valence-corrected chi connectivity index (χ0v) is 13.7. The summed E-state index contributed by atoms with van der Waals surface area (Å²) < 4.78 is 5.18. The van der Waals surface area contributed by atoms with Crippen molar-refractivity contribution in [2.75, 3.05) is 6.54 Å². The number of aryl methyl sites for hydroxylation is 2. The minimum atomic E-state index is -0.915. The van der Waals surface area contributed by atoms with Crippen LogP contribution < -0.4 is 0 Å². The number of carbonyl (C=O) groups excluding carboxylic acids is 1. The van der Waals surface area contributed by atoms with Crippen LogP contribution in [0.5, 0.6) is 0 Å². The summed E-state index contributed by atoms with van der Waals surface area (Å²) in [6, 6.07) is 0.954. The first kappa shape index (κ1) is 15.1. The number of nitrogens with zero attached hydrogens (tertiary/aromatic N) is 3. The van der Waals surface area contributed by atoms with Gasteiger partial charge in [-0.15, -0.1) is 0 Å². The highest BCUT2D eigenvalue weighted by atomic mass is 16.5. The van der Waals surface area contributed by atoms with Crippen molar-refractivity contribution in [3.8, 4) is 0 Å². The van der Waals surface area contributed by atoms with Crippen molar-refractivity contribution < 1.29 is 19.2 Å². The maximum absolute atomic E-state index is 13.2. The predicted molar refractivity (Wildman–Crippen MR) is 84.6 cm³/mol. The molecule has 0 radical (unpaired) electrons.